The van der Waals surface area contributed by atoms with Crippen molar-refractivity contribution in [1.82, 2.24) is 20.2 Å². The Hall–Kier alpha value is -2.70. The molecule has 0 saturated heterocycles. The van der Waals surface area contributed by atoms with E-state index in [1.165, 1.54) is 17.3 Å². The first-order chi connectivity index (χ1) is 13.0. The van der Waals surface area contributed by atoms with Gasteiger partial charge in [-0.3, -0.25) is 19.0 Å². The van der Waals surface area contributed by atoms with Crippen molar-refractivity contribution >= 4 is 22.7 Å². The first kappa shape index (κ1) is 19.1. The first-order valence-corrected chi connectivity index (χ1v) is 9.46. The van der Waals surface area contributed by atoms with Gasteiger partial charge in [-0.15, -0.1) is 0 Å². The fourth-order valence-electron chi connectivity index (χ4n) is 3.65. The summed E-state index contributed by atoms with van der Waals surface area (Å²) in [6.45, 7) is 4.11. The van der Waals surface area contributed by atoms with E-state index in [0.717, 1.165) is 12.8 Å². The van der Waals surface area contributed by atoms with Gasteiger partial charge in [-0.1, -0.05) is 38.8 Å². The quantitative estimate of drug-likeness (QED) is 0.833. The molecule has 0 aliphatic heterocycles. The molecule has 0 spiro atoms. The number of aromatic nitrogens is 2. The van der Waals surface area contributed by atoms with E-state index in [0.29, 0.717) is 22.7 Å². The molecule has 1 heterocycles. The summed E-state index contributed by atoms with van der Waals surface area (Å²) in [5, 5.41) is 6.07. The molecule has 2 N–H and O–H groups in total. The van der Waals surface area contributed by atoms with Crippen LogP contribution >= 0.6 is 0 Å². The van der Waals surface area contributed by atoms with Crippen LogP contribution in [0.2, 0.25) is 0 Å². The molecule has 3 unspecified atom stereocenters. The van der Waals surface area contributed by atoms with Gasteiger partial charge in [-0.2, -0.15) is 0 Å². The standard InChI is InChI=1S/C20H26N4O3/c1-13-6-5-9-16(14(13)2)23-18(25)10-21-19(26)11-24-12-22-17-8-4-3-7-15(17)20(24)27/h3-4,7-8,12-14,16H,5-6,9-11H2,1-2H3,(H,21,26)(H,23,25). The molecule has 3 rings (SSSR count). The number of rotatable bonds is 5. The van der Waals surface area contributed by atoms with Crippen molar-refractivity contribution < 1.29 is 9.59 Å². The zero-order valence-corrected chi connectivity index (χ0v) is 15.8. The van der Waals surface area contributed by atoms with Crippen molar-refractivity contribution in [2.75, 3.05) is 6.54 Å². The Balaban J connectivity index is 1.53. The molecule has 0 radical (unpaired) electrons. The molecule has 3 atom stereocenters. The third-order valence-corrected chi connectivity index (χ3v) is 5.54. The van der Waals surface area contributed by atoms with Gasteiger partial charge in [0, 0.05) is 6.04 Å². The number of carbonyl (C=O) groups excluding carboxylic acids is 2. The monoisotopic (exact) mass is 370 g/mol. The van der Waals surface area contributed by atoms with E-state index in [4.69, 9.17) is 0 Å². The van der Waals surface area contributed by atoms with Crippen molar-refractivity contribution in [1.29, 1.82) is 0 Å². The molecule has 27 heavy (non-hydrogen) atoms. The molecule has 1 aromatic heterocycles. The Morgan fingerprint density at radius 1 is 1.19 bits per heavy atom. The predicted molar refractivity (Wildman–Crippen MR) is 103 cm³/mol. The maximum absolute atomic E-state index is 12.4. The maximum atomic E-state index is 12.4. The average molecular weight is 370 g/mol. The fourth-order valence-corrected chi connectivity index (χ4v) is 3.65. The van der Waals surface area contributed by atoms with Crippen LogP contribution in [0.4, 0.5) is 0 Å². The molecule has 1 aliphatic rings. The second-order valence-electron chi connectivity index (χ2n) is 7.41. The lowest BCUT2D eigenvalue weighted by Gasteiger charge is -2.34. The minimum Gasteiger partial charge on any atom is -0.352 e. The molecule has 144 valence electrons. The summed E-state index contributed by atoms with van der Waals surface area (Å²) >= 11 is 0. The van der Waals surface area contributed by atoms with Crippen LogP contribution in [-0.4, -0.2) is 34.0 Å². The predicted octanol–water partition coefficient (Wildman–Crippen LogP) is 1.45. The Morgan fingerprint density at radius 2 is 1.96 bits per heavy atom. The van der Waals surface area contributed by atoms with Gasteiger partial charge in [-0.05, 0) is 30.4 Å². The molecular formula is C20H26N4O3. The minimum absolute atomic E-state index is 0.0911. The highest BCUT2D eigenvalue weighted by Crippen LogP contribution is 2.29. The summed E-state index contributed by atoms with van der Waals surface area (Å²) in [5.41, 5.74) is 0.319. The van der Waals surface area contributed by atoms with E-state index >= 15 is 0 Å². The van der Waals surface area contributed by atoms with Crippen molar-refractivity contribution in [3.8, 4) is 0 Å². The number of nitrogens with zero attached hydrogens (tertiary/aromatic N) is 2. The van der Waals surface area contributed by atoms with Crippen LogP contribution in [0.3, 0.4) is 0 Å². The number of para-hydroxylation sites is 1. The normalized spacial score (nSPS) is 22.4. The summed E-state index contributed by atoms with van der Waals surface area (Å²) in [4.78, 5) is 40.9. The SMILES string of the molecule is CC1CCCC(NC(=O)CNC(=O)Cn2cnc3ccccc3c2=O)C1C. The van der Waals surface area contributed by atoms with Crippen LogP contribution in [0.1, 0.15) is 33.1 Å². The van der Waals surface area contributed by atoms with E-state index in [1.54, 1.807) is 24.3 Å². The van der Waals surface area contributed by atoms with Crippen LogP contribution in [-0.2, 0) is 16.1 Å². The van der Waals surface area contributed by atoms with E-state index in [2.05, 4.69) is 29.5 Å². The van der Waals surface area contributed by atoms with Crippen molar-refractivity contribution in [2.45, 2.75) is 45.7 Å². The van der Waals surface area contributed by atoms with Gasteiger partial charge >= 0.3 is 0 Å². The number of fused-ring (bicyclic) bond motifs is 1. The van der Waals surface area contributed by atoms with Gasteiger partial charge in [0.25, 0.3) is 5.56 Å². The van der Waals surface area contributed by atoms with Gasteiger partial charge in [0.2, 0.25) is 11.8 Å². The Morgan fingerprint density at radius 3 is 2.78 bits per heavy atom. The number of carbonyl (C=O) groups is 2. The molecule has 1 fully saturated rings. The number of hydrogen-bond donors (Lipinski definition) is 2. The summed E-state index contributed by atoms with van der Waals surface area (Å²) in [7, 11) is 0. The lowest BCUT2D eigenvalue weighted by atomic mass is 9.78. The third kappa shape index (κ3) is 4.53. The lowest BCUT2D eigenvalue weighted by Crippen LogP contribution is -2.47. The van der Waals surface area contributed by atoms with E-state index in [1.807, 2.05) is 0 Å². The van der Waals surface area contributed by atoms with Gasteiger partial charge in [0.05, 0.1) is 23.8 Å². The fraction of sp³-hybridized carbons (Fsp3) is 0.500. The van der Waals surface area contributed by atoms with Gasteiger partial charge in [0.15, 0.2) is 0 Å². The minimum atomic E-state index is -0.394. The van der Waals surface area contributed by atoms with Crippen LogP contribution in [0.5, 0.6) is 0 Å². The highest BCUT2D eigenvalue weighted by atomic mass is 16.2. The van der Waals surface area contributed by atoms with Crippen LogP contribution in [0, 0.1) is 11.8 Å². The van der Waals surface area contributed by atoms with E-state index in [9.17, 15) is 14.4 Å². The van der Waals surface area contributed by atoms with Crippen LogP contribution < -0.4 is 16.2 Å². The number of nitrogens with one attached hydrogen (secondary N) is 2. The van der Waals surface area contributed by atoms with E-state index in [-0.39, 0.29) is 30.6 Å². The zero-order chi connectivity index (χ0) is 19.4. The second kappa shape index (κ2) is 8.33. The molecule has 1 saturated carbocycles. The van der Waals surface area contributed by atoms with E-state index < -0.39 is 5.91 Å². The number of benzene rings is 1. The Labute approximate surface area is 158 Å². The van der Waals surface area contributed by atoms with Crippen molar-refractivity contribution in [2.24, 2.45) is 11.8 Å². The molecule has 2 amide bonds. The number of amides is 2. The molecule has 7 heteroatoms. The largest absolute Gasteiger partial charge is 0.352 e. The van der Waals surface area contributed by atoms with Crippen LogP contribution in [0.15, 0.2) is 35.4 Å². The second-order valence-corrected chi connectivity index (χ2v) is 7.41. The van der Waals surface area contributed by atoms with Crippen molar-refractivity contribution in [3.05, 3.63) is 40.9 Å². The molecule has 1 aromatic carbocycles. The summed E-state index contributed by atoms with van der Waals surface area (Å²) in [6, 6.07) is 7.15. The zero-order valence-electron chi connectivity index (χ0n) is 15.8. The molecule has 1 aliphatic carbocycles. The average Bonchev–Trinajstić information content (AvgIpc) is 2.66. The van der Waals surface area contributed by atoms with Crippen LogP contribution in [0.25, 0.3) is 10.9 Å². The number of hydrogen-bond acceptors (Lipinski definition) is 4. The Bertz CT molecular complexity index is 892. The lowest BCUT2D eigenvalue weighted by molar-refractivity contribution is -0.127. The highest BCUT2D eigenvalue weighted by molar-refractivity contribution is 5.85. The molecular weight excluding hydrogens is 344 g/mol. The highest BCUT2D eigenvalue weighted by Gasteiger charge is 2.28. The molecule has 7 nitrogen and oxygen atoms in total. The summed E-state index contributed by atoms with van der Waals surface area (Å²) in [5.74, 6) is 0.430. The first-order valence-electron chi connectivity index (χ1n) is 9.46. The van der Waals surface area contributed by atoms with Crippen molar-refractivity contribution in [3.63, 3.8) is 0 Å². The molecule has 2 aromatic rings. The maximum Gasteiger partial charge on any atom is 0.261 e. The van der Waals surface area contributed by atoms with Gasteiger partial charge in [-0.25, -0.2) is 4.98 Å². The van der Waals surface area contributed by atoms with Gasteiger partial charge < -0.3 is 10.6 Å². The molecule has 0 bridgehead atoms. The Kier molecular flexibility index (Phi) is 5.88. The van der Waals surface area contributed by atoms with Gasteiger partial charge in [0.1, 0.15) is 6.54 Å². The summed E-state index contributed by atoms with van der Waals surface area (Å²) < 4.78 is 1.25. The summed E-state index contributed by atoms with van der Waals surface area (Å²) in [6.07, 6.45) is 4.64. The smallest absolute Gasteiger partial charge is 0.261 e. The third-order valence-electron chi connectivity index (χ3n) is 5.54. The topological polar surface area (TPSA) is 93.1 Å².